The fraction of sp³-hybridized carbons (Fsp3) is 0.367. The molecule has 0 N–H and O–H groups in total. The maximum absolute atomic E-state index is 13.4. The molecule has 3 atom stereocenters. The van der Waals surface area contributed by atoms with E-state index < -0.39 is 6.16 Å². The molecule has 0 aromatic heterocycles. The number of hydrogen-bond acceptors (Lipinski definition) is 5. The van der Waals surface area contributed by atoms with E-state index in [1.807, 2.05) is 38.0 Å². The lowest BCUT2D eigenvalue weighted by Gasteiger charge is -2.29. The summed E-state index contributed by atoms with van der Waals surface area (Å²) in [6.45, 7) is 8.01. The molecular formula is C30H35FNO4P. The number of epoxide rings is 1. The van der Waals surface area contributed by atoms with E-state index in [1.54, 1.807) is 25.1 Å². The Hall–Kier alpha value is -2.95. The number of rotatable bonds is 8. The summed E-state index contributed by atoms with van der Waals surface area (Å²) in [5, 5.41) is 0. The molecule has 3 aliphatic rings. The Balaban J connectivity index is 0.00000156. The van der Waals surface area contributed by atoms with Crippen LogP contribution >= 0.6 is 9.24 Å². The minimum Gasteiger partial charge on any atom is -0.434 e. The molecule has 1 heterocycles. The van der Waals surface area contributed by atoms with Crippen LogP contribution in [0, 0.1) is 5.82 Å². The monoisotopic (exact) mass is 523 g/mol. The minimum atomic E-state index is -0.686. The van der Waals surface area contributed by atoms with Gasteiger partial charge in [-0.2, -0.15) is 0 Å². The first-order chi connectivity index (χ1) is 17.9. The van der Waals surface area contributed by atoms with Crippen molar-refractivity contribution in [1.82, 2.24) is 0 Å². The minimum absolute atomic E-state index is 0.218. The van der Waals surface area contributed by atoms with Gasteiger partial charge in [-0.15, -0.1) is 9.24 Å². The third-order valence-corrected chi connectivity index (χ3v) is 7.51. The Morgan fingerprint density at radius 2 is 1.95 bits per heavy atom. The number of anilines is 1. The van der Waals surface area contributed by atoms with Crippen molar-refractivity contribution < 1.29 is 23.4 Å². The second-order valence-corrected chi connectivity index (χ2v) is 9.31. The maximum atomic E-state index is 13.4. The van der Waals surface area contributed by atoms with Crippen LogP contribution in [0.4, 0.5) is 14.9 Å². The van der Waals surface area contributed by atoms with Crippen molar-refractivity contribution in [2.75, 3.05) is 25.2 Å². The van der Waals surface area contributed by atoms with Gasteiger partial charge < -0.3 is 19.1 Å². The fourth-order valence-electron chi connectivity index (χ4n) is 5.63. The number of halogens is 1. The molecule has 5 nitrogen and oxygen atoms in total. The Kier molecular flexibility index (Phi) is 8.20. The predicted molar refractivity (Wildman–Crippen MR) is 149 cm³/mol. The molecule has 1 saturated carbocycles. The molecule has 196 valence electrons. The van der Waals surface area contributed by atoms with Gasteiger partial charge in [0.15, 0.2) is 0 Å². The second kappa shape index (κ2) is 11.2. The molecule has 2 fully saturated rings. The molecule has 7 heteroatoms. The summed E-state index contributed by atoms with van der Waals surface area (Å²) in [4.78, 5) is 13.9. The number of aryl methyl sites for hydroxylation is 1. The first kappa shape index (κ1) is 27.1. The van der Waals surface area contributed by atoms with Gasteiger partial charge in [-0.1, -0.05) is 37.5 Å². The van der Waals surface area contributed by atoms with Gasteiger partial charge >= 0.3 is 6.16 Å². The summed E-state index contributed by atoms with van der Waals surface area (Å²) < 4.78 is 30.3. The Morgan fingerprint density at radius 3 is 2.65 bits per heavy atom. The fourth-order valence-corrected chi connectivity index (χ4v) is 5.63. The first-order valence-corrected chi connectivity index (χ1v) is 13.8. The average molecular weight is 524 g/mol. The van der Waals surface area contributed by atoms with E-state index in [1.165, 1.54) is 17.7 Å². The average Bonchev–Trinajstić information content (AvgIpc) is 3.44. The zero-order valence-electron chi connectivity index (χ0n) is 21.8. The summed E-state index contributed by atoms with van der Waals surface area (Å²) in [6, 6.07) is 14.1. The van der Waals surface area contributed by atoms with E-state index in [2.05, 4.69) is 26.8 Å². The van der Waals surface area contributed by atoms with Crippen molar-refractivity contribution in [1.29, 1.82) is 0 Å². The van der Waals surface area contributed by atoms with Gasteiger partial charge in [0.1, 0.15) is 22.8 Å². The molecule has 0 radical (unpaired) electrons. The standard InChI is InChI=1S/C29H30FNO4.CH5P/c1-4-20-19-29-22(18-25(20)31(3)24-12-10-23(30)11-13-24)15-17-28(29,35-29)16-14-21-8-6-7-9-26(21)34-27(32)33-5-2;1-2/h4,6-13,18H,1,5,14-17,19H2,2-3H3;2H2,1H3/t28-,29?;/m0./s1. The van der Waals surface area contributed by atoms with Crippen LogP contribution in [0.5, 0.6) is 5.75 Å². The Labute approximate surface area is 221 Å². The van der Waals surface area contributed by atoms with Crippen LogP contribution in [0.15, 0.2) is 84.1 Å². The van der Waals surface area contributed by atoms with Gasteiger partial charge in [-0.3, -0.25) is 0 Å². The van der Waals surface area contributed by atoms with E-state index >= 15 is 0 Å². The normalized spacial score (nSPS) is 23.1. The molecule has 2 unspecified atom stereocenters. The lowest BCUT2D eigenvalue weighted by atomic mass is 9.80. The van der Waals surface area contributed by atoms with Crippen molar-refractivity contribution >= 4 is 21.1 Å². The molecular weight excluding hydrogens is 488 g/mol. The summed E-state index contributed by atoms with van der Waals surface area (Å²) in [6.07, 6.45) is 7.73. The van der Waals surface area contributed by atoms with Crippen LogP contribution in [0.3, 0.4) is 0 Å². The van der Waals surface area contributed by atoms with Crippen LogP contribution in [0.2, 0.25) is 0 Å². The van der Waals surface area contributed by atoms with Crippen molar-refractivity contribution in [3.8, 4) is 5.75 Å². The van der Waals surface area contributed by atoms with Crippen LogP contribution in [-0.2, 0) is 15.9 Å². The van der Waals surface area contributed by atoms with Crippen LogP contribution < -0.4 is 9.64 Å². The van der Waals surface area contributed by atoms with Gasteiger partial charge in [0.25, 0.3) is 0 Å². The number of ether oxygens (including phenoxy) is 3. The van der Waals surface area contributed by atoms with E-state index in [4.69, 9.17) is 14.2 Å². The van der Waals surface area contributed by atoms with Gasteiger partial charge in [0.2, 0.25) is 0 Å². The number of carbonyl (C=O) groups excluding carboxylic acids is 1. The number of nitrogens with zero attached hydrogens (tertiary/aromatic N) is 1. The van der Waals surface area contributed by atoms with Crippen LogP contribution in [-0.4, -0.2) is 37.7 Å². The highest BCUT2D eigenvalue weighted by molar-refractivity contribution is 7.15. The topological polar surface area (TPSA) is 51.3 Å². The second-order valence-electron chi connectivity index (χ2n) is 9.31. The maximum Gasteiger partial charge on any atom is 0.513 e. The molecule has 0 amide bonds. The third kappa shape index (κ3) is 5.10. The zero-order valence-corrected chi connectivity index (χ0v) is 22.9. The zero-order chi connectivity index (χ0) is 26.6. The number of carbonyl (C=O) groups is 1. The molecule has 1 aliphatic heterocycles. The van der Waals surface area contributed by atoms with Crippen molar-refractivity contribution in [3.63, 3.8) is 0 Å². The smallest absolute Gasteiger partial charge is 0.434 e. The quantitative estimate of drug-likeness (QED) is 0.162. The number of benzene rings is 2. The number of para-hydroxylation sites is 1. The number of allylic oxidation sites excluding steroid dienone is 2. The van der Waals surface area contributed by atoms with E-state index in [9.17, 15) is 9.18 Å². The molecule has 2 aromatic carbocycles. The van der Waals surface area contributed by atoms with E-state index in [-0.39, 0.29) is 23.6 Å². The van der Waals surface area contributed by atoms with Crippen LogP contribution in [0.1, 0.15) is 38.2 Å². The van der Waals surface area contributed by atoms with Gasteiger partial charge in [0.05, 0.1) is 6.61 Å². The first-order valence-electron chi connectivity index (χ1n) is 12.7. The lowest BCUT2D eigenvalue weighted by Crippen LogP contribution is -2.28. The highest BCUT2D eigenvalue weighted by Gasteiger charge is 2.74. The van der Waals surface area contributed by atoms with E-state index in [0.717, 1.165) is 54.6 Å². The SMILES string of the molecule is C=CC1=C(N(C)c2ccc(F)cc2)C=C2CC[C@]3(CCc4ccccc4OC(=O)OCC)OC23C1.CP. The van der Waals surface area contributed by atoms with E-state index in [0.29, 0.717) is 5.75 Å². The summed E-state index contributed by atoms with van der Waals surface area (Å²) in [5.41, 5.74) is 4.88. The molecule has 5 rings (SSSR count). The third-order valence-electron chi connectivity index (χ3n) is 7.51. The molecule has 2 aliphatic carbocycles. The number of hydrogen-bond donors (Lipinski definition) is 0. The van der Waals surface area contributed by atoms with Crippen LogP contribution in [0.25, 0.3) is 0 Å². The summed E-state index contributed by atoms with van der Waals surface area (Å²) >= 11 is 0. The van der Waals surface area contributed by atoms with Crippen molar-refractivity contribution in [2.24, 2.45) is 0 Å². The molecule has 2 aromatic rings. The van der Waals surface area contributed by atoms with Gasteiger partial charge in [-0.05, 0) is 85.7 Å². The highest BCUT2D eigenvalue weighted by atomic mass is 31.0. The molecule has 0 bridgehead atoms. The largest absolute Gasteiger partial charge is 0.513 e. The predicted octanol–water partition coefficient (Wildman–Crippen LogP) is 6.99. The lowest BCUT2D eigenvalue weighted by molar-refractivity contribution is 0.104. The van der Waals surface area contributed by atoms with Crippen molar-refractivity contribution in [3.05, 3.63) is 95.5 Å². The van der Waals surface area contributed by atoms with Crippen molar-refractivity contribution in [2.45, 2.75) is 50.2 Å². The highest BCUT2D eigenvalue weighted by Crippen LogP contribution is 2.68. The molecule has 1 saturated heterocycles. The Morgan fingerprint density at radius 1 is 1.22 bits per heavy atom. The summed E-state index contributed by atoms with van der Waals surface area (Å²) in [7, 11) is 4.41. The number of likely N-dealkylation sites (N-methyl/N-ethyl adjacent to an activating group) is 1. The van der Waals surface area contributed by atoms with Gasteiger partial charge in [-0.25, -0.2) is 9.18 Å². The molecule has 1 spiro atoms. The molecule has 37 heavy (non-hydrogen) atoms. The van der Waals surface area contributed by atoms with Gasteiger partial charge in [0, 0.05) is 24.9 Å². The summed E-state index contributed by atoms with van der Waals surface area (Å²) in [5.74, 6) is 0.284. The Bertz CT molecular complexity index is 1220.